The molecule has 2 nitrogen and oxygen atoms in total. The van der Waals surface area contributed by atoms with Gasteiger partial charge < -0.3 is 8.97 Å². The highest BCUT2D eigenvalue weighted by Crippen LogP contribution is 3.08. The van der Waals surface area contributed by atoms with Crippen molar-refractivity contribution in [1.29, 1.82) is 0 Å². The van der Waals surface area contributed by atoms with Crippen LogP contribution >= 0.6 is 0 Å². The molecule has 13 aromatic carbocycles. The number of benzene rings is 10. The Hall–Kier alpha value is -5.80. The molecule has 13 unspecified atom stereocenters. The van der Waals surface area contributed by atoms with Crippen LogP contribution in [0.15, 0.2) is 6.07 Å². The van der Waals surface area contributed by atoms with Gasteiger partial charge in [0.15, 0.2) is 0 Å². The first-order chi connectivity index (χ1) is 33.6. The highest BCUT2D eigenvalue weighted by atomic mass is 15.4. The molecular formula is C67H32N2+2. The second kappa shape index (κ2) is 5.75. The quantitative estimate of drug-likeness (QED) is 0.105. The van der Waals surface area contributed by atoms with Crippen molar-refractivity contribution in [2.75, 3.05) is 54.4 Å². The summed E-state index contributed by atoms with van der Waals surface area (Å²) >= 11 is 0. The van der Waals surface area contributed by atoms with Crippen molar-refractivity contribution in [2.24, 2.45) is 21.7 Å². The van der Waals surface area contributed by atoms with Gasteiger partial charge in [-0.15, -0.1) is 0 Å². The fraction of sp³-hybridized carbons (Fsp3) is 0.343. The molecule has 2 saturated carbocycles. The summed E-state index contributed by atoms with van der Waals surface area (Å²) in [4.78, 5) is 0. The third-order valence-electron chi connectivity index (χ3n) is 30.5. The van der Waals surface area contributed by atoms with E-state index in [9.17, 15) is 0 Å². The maximum absolute atomic E-state index is 3.15. The molecule has 0 radical (unpaired) electrons. The lowest BCUT2D eigenvalue weighted by molar-refractivity contribution is -0.921. The number of likely N-dealkylation sites (N-methyl/N-ethyl adjacent to an activating group) is 1. The van der Waals surface area contributed by atoms with Crippen LogP contribution in [0.4, 0.5) is 0 Å². The van der Waals surface area contributed by atoms with E-state index in [1.165, 1.54) is 37.1 Å². The molecule has 2 heterocycles. The van der Waals surface area contributed by atoms with Crippen molar-refractivity contribution in [3.05, 3.63) is 94.7 Å². The second-order valence-electron chi connectivity index (χ2n) is 31.0. The lowest BCUT2D eigenvalue weighted by Crippen LogP contribution is -2.99. The van der Waals surface area contributed by atoms with Gasteiger partial charge in [0.1, 0.15) is 0 Å². The Labute approximate surface area is 389 Å². The van der Waals surface area contributed by atoms with Gasteiger partial charge in [0.2, 0.25) is 0 Å². The molecule has 13 aromatic rings. The third kappa shape index (κ3) is 1.35. The number of hydrogen-bond acceptors (Lipinski definition) is 0. The monoisotopic (exact) mass is 864 g/mol. The van der Waals surface area contributed by atoms with Crippen molar-refractivity contribution in [3.8, 4) is 11.1 Å². The van der Waals surface area contributed by atoms with Gasteiger partial charge in [-0.1, -0.05) is 18.6 Å². The average Bonchev–Trinajstić information content (AvgIpc) is 4.25. The molecule has 69 heavy (non-hydrogen) atoms. The van der Waals surface area contributed by atoms with Crippen LogP contribution in [0.5, 0.6) is 0 Å². The normalized spacial score (nSPS) is 45.7. The van der Waals surface area contributed by atoms with Crippen LogP contribution in [0, 0.1) is 21.7 Å². The Bertz CT molecular complexity index is 5910. The van der Waals surface area contributed by atoms with Gasteiger partial charge in [-0.25, -0.2) is 0 Å². The highest BCUT2D eigenvalue weighted by molar-refractivity contribution is 6.65. The zero-order valence-corrected chi connectivity index (χ0v) is 38.5. The number of likely N-dealkylation sites (tertiary alicyclic amines) is 2. The van der Waals surface area contributed by atoms with Crippen LogP contribution in [0.2, 0.25) is 0 Å². The molecule has 6 spiro atoms. The molecule has 0 N–H and O–H groups in total. The average molecular weight is 865 g/mol. The number of quaternary nitrogens is 2. The van der Waals surface area contributed by atoms with Gasteiger partial charge in [0.25, 0.3) is 0 Å². The van der Waals surface area contributed by atoms with E-state index in [1.807, 2.05) is 176 Å². The fourth-order valence-corrected chi connectivity index (χ4v) is 32.9. The van der Waals surface area contributed by atoms with Crippen LogP contribution in [-0.4, -0.2) is 63.3 Å². The Morgan fingerprint density at radius 3 is 2.00 bits per heavy atom. The Balaban J connectivity index is 1.12. The summed E-state index contributed by atoms with van der Waals surface area (Å²) in [5.41, 5.74) is 39.7. The molecular weight excluding hydrogens is 833 g/mol. The van der Waals surface area contributed by atoms with E-state index < -0.39 is 0 Å². The number of hydrogen-bond donors (Lipinski definition) is 0. The Morgan fingerprint density at radius 2 is 1.14 bits per heavy atom. The molecule has 0 aromatic heterocycles. The van der Waals surface area contributed by atoms with Crippen LogP contribution in [0.25, 0.3) is 146 Å². The highest BCUT2D eigenvalue weighted by Gasteiger charge is 3.06. The molecule has 2 aliphatic heterocycles. The first-order valence-electron chi connectivity index (χ1n) is 27.7. The molecule has 19 aliphatic rings. The summed E-state index contributed by atoms with van der Waals surface area (Å²) in [5.74, 6) is 3.05. The minimum atomic E-state index is 0.00329. The maximum Gasteiger partial charge on any atom is 0.0934 e. The zero-order valence-electron chi connectivity index (χ0n) is 38.5. The zero-order chi connectivity index (χ0) is 42.0. The van der Waals surface area contributed by atoms with Crippen LogP contribution in [0.1, 0.15) is 132 Å². The number of rotatable bonds is 0. The van der Waals surface area contributed by atoms with E-state index in [-0.39, 0.29) is 37.9 Å². The van der Waals surface area contributed by atoms with Crippen LogP contribution in [-0.2, 0) is 16.2 Å². The smallest absolute Gasteiger partial charge is 0.0934 e. The van der Waals surface area contributed by atoms with Crippen molar-refractivity contribution >= 4 is 135 Å². The van der Waals surface area contributed by atoms with Crippen LogP contribution in [0.3, 0.4) is 0 Å². The third-order valence-corrected chi connectivity index (χ3v) is 30.5. The van der Waals surface area contributed by atoms with Crippen molar-refractivity contribution < 1.29 is 8.97 Å². The van der Waals surface area contributed by atoms with Gasteiger partial charge in [0.05, 0.1) is 70.6 Å². The van der Waals surface area contributed by atoms with E-state index in [0.717, 1.165) is 4.48 Å². The van der Waals surface area contributed by atoms with E-state index in [1.54, 1.807) is 53.9 Å². The lowest BCUT2D eigenvalue weighted by Gasteiger charge is -2.96. The molecule has 32 rings (SSSR count). The van der Waals surface area contributed by atoms with Crippen molar-refractivity contribution in [3.63, 3.8) is 0 Å². The summed E-state index contributed by atoms with van der Waals surface area (Å²) in [6, 6.07) is 3.15. The number of nitrogens with zero attached hydrogens (tertiary/aromatic N) is 2. The molecule has 13 atom stereocenters. The first-order valence-corrected chi connectivity index (χ1v) is 27.7. The molecule has 4 fully saturated rings. The summed E-state index contributed by atoms with van der Waals surface area (Å²) in [6.45, 7) is 8.33. The predicted octanol–water partition coefficient (Wildman–Crippen LogP) is 11.6. The topological polar surface area (TPSA) is 0 Å². The number of allylic oxidation sites excluding steroid dienone is 1. The minimum Gasteiger partial charge on any atom is -0.327 e. The first kappa shape index (κ1) is 27.6. The van der Waals surface area contributed by atoms with Gasteiger partial charge in [0, 0.05) is 57.2 Å². The summed E-state index contributed by atoms with van der Waals surface area (Å²) in [5, 5.41) is 42.0. The second-order valence-corrected chi connectivity index (χ2v) is 31.0. The van der Waals surface area contributed by atoms with Gasteiger partial charge in [-0.2, -0.15) is 0 Å². The maximum atomic E-state index is 3.15. The Kier molecular flexibility index (Phi) is 2.30. The molecule has 4 bridgehead atoms. The standard InChI is InChI=1S/C67H32N2/c1-61-8-68(2,3)11-65-53-12-6-13-16-38-15(12)18-29-27-33-25-23-21-20-19-17-14-7-64(66(14,65)59-40(19)34(23)35(27)47(59)41(18)53)58-39(17)30(20)26-24-22(21)31(25)43-44-32(24)28-36(26)51(58)60(67(61,64)65)48-37(28)46-50(49(48)52(13)61)54(16)62-9-69(4,5)10-63(62,57(44)46)56(43)45(33)42(29)55(38)62/h6,42,49,52-53,55,59H,7-11H2,1-5H3/q+2. The molecule has 308 valence electrons. The molecule has 17 aliphatic carbocycles. The van der Waals surface area contributed by atoms with E-state index in [0.29, 0.717) is 35.5 Å². The molecule has 0 amide bonds. The van der Waals surface area contributed by atoms with E-state index in [2.05, 4.69) is 46.7 Å². The Morgan fingerprint density at radius 1 is 0.464 bits per heavy atom. The van der Waals surface area contributed by atoms with Crippen molar-refractivity contribution in [2.45, 2.75) is 65.1 Å². The van der Waals surface area contributed by atoms with E-state index in [4.69, 9.17) is 0 Å². The van der Waals surface area contributed by atoms with E-state index >= 15 is 0 Å². The summed E-state index contributed by atoms with van der Waals surface area (Å²) < 4.78 is 2.34. The number of piperidine rings is 1. The van der Waals surface area contributed by atoms with Gasteiger partial charge in [-0.3, -0.25) is 0 Å². The van der Waals surface area contributed by atoms with Crippen molar-refractivity contribution in [1.82, 2.24) is 0 Å². The fourth-order valence-electron chi connectivity index (χ4n) is 32.9. The molecule has 2 heteroatoms. The largest absolute Gasteiger partial charge is 0.327 e. The summed E-state index contributed by atoms with van der Waals surface area (Å²) in [7, 11) is 11.0. The van der Waals surface area contributed by atoms with Crippen LogP contribution < -0.4 is 5.22 Å². The lowest BCUT2D eigenvalue weighted by atomic mass is 9.05. The summed E-state index contributed by atoms with van der Waals surface area (Å²) in [6.07, 6.45) is 1.37. The molecule has 2 saturated heterocycles. The van der Waals surface area contributed by atoms with Gasteiger partial charge in [-0.05, 0) is 236 Å². The van der Waals surface area contributed by atoms with Gasteiger partial charge >= 0.3 is 0 Å². The SMILES string of the molecule is CC12C[N+](C)(C)CC34C5c6cc7c8c9c6-c6c5c5c%10c%11c6C6c%12c%13c%14c%15c%16c%17c%18c(c%19c%20c%21c%22c%23c%24c(c%10c%10c(c%12%11)c%14c%11c%10c%24c%22c%10c%20c%18c%15c%10%11)C5C35C=%23CC%215C%1914)C(C%17=C8C1(C[N+](C)(C)CC%16%131)C96)C72. The minimum absolute atomic E-state index is 0.00329. The number of fused-ring (bicyclic) bond motifs is 3. The predicted molar refractivity (Wildman–Crippen MR) is 270 cm³/mol.